The Kier molecular flexibility index (Phi) is 4.88. The van der Waals surface area contributed by atoms with Crippen molar-refractivity contribution >= 4 is 44.4 Å². The highest BCUT2D eigenvalue weighted by Gasteiger charge is 2.09. The molecule has 0 unspecified atom stereocenters. The van der Waals surface area contributed by atoms with Crippen molar-refractivity contribution in [2.45, 2.75) is 11.3 Å². The van der Waals surface area contributed by atoms with Crippen molar-refractivity contribution in [1.29, 1.82) is 0 Å². The molecule has 1 aromatic heterocycles. The van der Waals surface area contributed by atoms with Crippen molar-refractivity contribution in [3.05, 3.63) is 54.1 Å². The van der Waals surface area contributed by atoms with E-state index in [-0.39, 0.29) is 24.0 Å². The Hall–Kier alpha value is -1.99. The normalized spacial score (nSPS) is 10.9. The molecule has 1 amide bonds. The van der Waals surface area contributed by atoms with Crippen molar-refractivity contribution in [3.63, 3.8) is 0 Å². The number of hydrogen-bond acceptors (Lipinski definition) is 4. The summed E-state index contributed by atoms with van der Waals surface area (Å²) in [6.07, 6.45) is 0.239. The Bertz CT molecular complexity index is 851. The third kappa shape index (κ3) is 4.05. The number of halogens is 2. The van der Waals surface area contributed by atoms with Gasteiger partial charge < -0.3 is 5.32 Å². The predicted octanol–water partition coefficient (Wildman–Crippen LogP) is 4.70. The maximum absolute atomic E-state index is 13.5. The van der Waals surface area contributed by atoms with Crippen LogP contribution in [-0.4, -0.2) is 16.6 Å². The third-order valence-corrected chi connectivity index (χ3v) is 5.00. The summed E-state index contributed by atoms with van der Waals surface area (Å²) in [5.74, 6) is -0.355. The number of carbonyl (C=O) groups excluding carboxylic acids is 1. The molecule has 1 heterocycles. The van der Waals surface area contributed by atoms with Crippen LogP contribution in [0.5, 0.6) is 0 Å². The number of thiazole rings is 1. The van der Waals surface area contributed by atoms with Gasteiger partial charge in [-0.2, -0.15) is 0 Å². The van der Waals surface area contributed by atoms with Gasteiger partial charge in [-0.15, -0.1) is 11.8 Å². The number of nitrogens with one attached hydrogen (secondary N) is 1. The van der Waals surface area contributed by atoms with Gasteiger partial charge >= 0.3 is 0 Å². The summed E-state index contributed by atoms with van der Waals surface area (Å²) in [7, 11) is 0. The van der Waals surface area contributed by atoms with Crippen LogP contribution in [0.2, 0.25) is 0 Å². The van der Waals surface area contributed by atoms with Gasteiger partial charge in [0.1, 0.15) is 11.6 Å². The monoisotopic (exact) mass is 350 g/mol. The molecule has 3 rings (SSSR count). The Balaban J connectivity index is 1.55. The smallest absolute Gasteiger partial charge is 0.226 e. The van der Waals surface area contributed by atoms with Gasteiger partial charge in [-0.05, 0) is 30.3 Å². The average molecular weight is 350 g/mol. The minimum atomic E-state index is -0.333. The lowest BCUT2D eigenvalue weighted by Crippen LogP contribution is -2.11. The molecule has 118 valence electrons. The van der Waals surface area contributed by atoms with E-state index in [0.717, 1.165) is 0 Å². The second-order valence-electron chi connectivity index (χ2n) is 4.71. The van der Waals surface area contributed by atoms with Crippen LogP contribution in [0.3, 0.4) is 0 Å². The summed E-state index contributed by atoms with van der Waals surface area (Å²) in [4.78, 5) is 16.7. The zero-order chi connectivity index (χ0) is 16.2. The molecule has 1 N–H and O–H groups in total. The molecule has 3 aromatic rings. The molecule has 0 aliphatic heterocycles. The molecule has 0 atom stereocenters. The van der Waals surface area contributed by atoms with Crippen LogP contribution in [0.15, 0.2) is 47.4 Å². The average Bonchev–Trinajstić information content (AvgIpc) is 2.90. The summed E-state index contributed by atoms with van der Waals surface area (Å²) >= 11 is 2.51. The van der Waals surface area contributed by atoms with Crippen LogP contribution in [0.25, 0.3) is 10.2 Å². The largest absolute Gasteiger partial charge is 0.302 e. The number of fused-ring (bicyclic) bond motifs is 1. The summed E-state index contributed by atoms with van der Waals surface area (Å²) in [6.45, 7) is 0. The molecule has 2 aromatic carbocycles. The molecular formula is C16H12F2N2OS2. The second-order valence-corrected chi connectivity index (χ2v) is 6.88. The van der Waals surface area contributed by atoms with Crippen LogP contribution < -0.4 is 5.32 Å². The lowest BCUT2D eigenvalue weighted by molar-refractivity contribution is -0.115. The van der Waals surface area contributed by atoms with Crippen LogP contribution in [-0.2, 0) is 4.79 Å². The SMILES string of the molecule is O=C(CCSc1ccccc1F)Nc1nc2ccc(F)cc2s1. The van der Waals surface area contributed by atoms with E-state index in [9.17, 15) is 13.6 Å². The van der Waals surface area contributed by atoms with E-state index in [0.29, 0.717) is 26.0 Å². The van der Waals surface area contributed by atoms with Crippen molar-refractivity contribution in [3.8, 4) is 0 Å². The second kappa shape index (κ2) is 7.06. The van der Waals surface area contributed by atoms with E-state index in [4.69, 9.17) is 0 Å². The van der Waals surface area contributed by atoms with Gasteiger partial charge in [-0.3, -0.25) is 4.79 Å². The molecule has 0 spiro atoms. The first-order valence-electron chi connectivity index (χ1n) is 6.85. The standard InChI is InChI=1S/C16H12F2N2OS2/c17-10-5-6-12-14(9-10)23-16(19-12)20-15(21)7-8-22-13-4-2-1-3-11(13)18/h1-6,9H,7-8H2,(H,19,20,21). The zero-order valence-corrected chi connectivity index (χ0v) is 13.5. The number of amides is 1. The van der Waals surface area contributed by atoms with Crippen molar-refractivity contribution in [2.75, 3.05) is 11.1 Å². The fourth-order valence-electron chi connectivity index (χ4n) is 1.95. The summed E-state index contributed by atoms with van der Waals surface area (Å²) in [5.41, 5.74) is 0.646. The quantitative estimate of drug-likeness (QED) is 0.679. The molecule has 0 bridgehead atoms. The molecule has 3 nitrogen and oxygen atoms in total. The first-order valence-corrected chi connectivity index (χ1v) is 8.65. The van der Waals surface area contributed by atoms with Gasteiger partial charge in [-0.25, -0.2) is 13.8 Å². The van der Waals surface area contributed by atoms with E-state index >= 15 is 0 Å². The van der Waals surface area contributed by atoms with Crippen LogP contribution in [0.4, 0.5) is 13.9 Å². The molecule has 0 aliphatic carbocycles. The predicted molar refractivity (Wildman–Crippen MR) is 89.9 cm³/mol. The molecule has 0 fully saturated rings. The highest BCUT2D eigenvalue weighted by Crippen LogP contribution is 2.27. The number of thioether (sulfide) groups is 1. The van der Waals surface area contributed by atoms with E-state index in [1.54, 1.807) is 24.3 Å². The summed E-state index contributed by atoms with van der Waals surface area (Å²) in [5, 5.41) is 3.13. The number of rotatable bonds is 5. The lowest BCUT2D eigenvalue weighted by Gasteiger charge is -2.03. The van der Waals surface area contributed by atoms with Crippen LogP contribution >= 0.6 is 23.1 Å². The molecule has 23 heavy (non-hydrogen) atoms. The zero-order valence-electron chi connectivity index (χ0n) is 11.9. The van der Waals surface area contributed by atoms with Gasteiger partial charge in [0.05, 0.1) is 10.2 Å². The highest BCUT2D eigenvalue weighted by molar-refractivity contribution is 7.99. The Labute approximate surface area is 139 Å². The molecule has 0 saturated heterocycles. The number of anilines is 1. The third-order valence-electron chi connectivity index (χ3n) is 3.02. The van der Waals surface area contributed by atoms with E-state index in [1.165, 1.54) is 41.3 Å². The maximum atomic E-state index is 13.5. The first kappa shape index (κ1) is 15.9. The Morgan fingerprint density at radius 2 is 2.04 bits per heavy atom. The molecule has 0 aliphatic rings. The number of nitrogens with zero attached hydrogens (tertiary/aromatic N) is 1. The summed E-state index contributed by atoms with van der Waals surface area (Å²) < 4.78 is 27.3. The fraction of sp³-hybridized carbons (Fsp3) is 0.125. The molecular weight excluding hydrogens is 338 g/mol. The Morgan fingerprint density at radius 1 is 1.22 bits per heavy atom. The van der Waals surface area contributed by atoms with Crippen molar-refractivity contribution in [2.24, 2.45) is 0 Å². The fourth-order valence-corrected chi connectivity index (χ4v) is 3.74. The maximum Gasteiger partial charge on any atom is 0.226 e. The molecule has 0 radical (unpaired) electrons. The highest BCUT2D eigenvalue weighted by atomic mass is 32.2. The first-order chi connectivity index (χ1) is 11.1. The number of hydrogen-bond donors (Lipinski definition) is 1. The van der Waals surface area contributed by atoms with E-state index in [1.807, 2.05) is 0 Å². The van der Waals surface area contributed by atoms with Crippen molar-refractivity contribution in [1.82, 2.24) is 4.98 Å². The Morgan fingerprint density at radius 3 is 2.87 bits per heavy atom. The van der Waals surface area contributed by atoms with Gasteiger partial charge in [0.25, 0.3) is 0 Å². The number of carbonyl (C=O) groups is 1. The minimum absolute atomic E-state index is 0.201. The minimum Gasteiger partial charge on any atom is -0.302 e. The van der Waals surface area contributed by atoms with Gasteiger partial charge in [-0.1, -0.05) is 23.5 Å². The van der Waals surface area contributed by atoms with Crippen molar-refractivity contribution < 1.29 is 13.6 Å². The number of benzene rings is 2. The van der Waals surface area contributed by atoms with E-state index < -0.39 is 0 Å². The van der Waals surface area contributed by atoms with Gasteiger partial charge in [0.15, 0.2) is 5.13 Å². The molecule has 7 heteroatoms. The van der Waals surface area contributed by atoms with Gasteiger partial charge in [0.2, 0.25) is 5.91 Å². The number of aromatic nitrogens is 1. The van der Waals surface area contributed by atoms with E-state index in [2.05, 4.69) is 10.3 Å². The van der Waals surface area contributed by atoms with Crippen LogP contribution in [0, 0.1) is 11.6 Å². The van der Waals surface area contributed by atoms with Crippen LogP contribution in [0.1, 0.15) is 6.42 Å². The summed E-state index contributed by atoms with van der Waals surface area (Å²) in [6, 6.07) is 10.7. The van der Waals surface area contributed by atoms with Gasteiger partial charge in [0, 0.05) is 17.1 Å². The molecule has 0 saturated carbocycles. The lowest BCUT2D eigenvalue weighted by atomic mass is 10.3. The topological polar surface area (TPSA) is 42.0 Å².